The lowest BCUT2D eigenvalue weighted by molar-refractivity contribution is 0.122. The number of aromatic nitrogens is 3. The molecule has 1 fully saturated rings. The van der Waals surface area contributed by atoms with E-state index in [-0.39, 0.29) is 0 Å². The fraction of sp³-hybridized carbons (Fsp3) is 0.208. The van der Waals surface area contributed by atoms with Gasteiger partial charge in [-0.25, -0.2) is 0 Å². The number of hydrogen-bond donors (Lipinski definition) is 0. The molecule has 0 unspecified atom stereocenters. The quantitative estimate of drug-likeness (QED) is 0.434. The number of hydrogen-bond acceptors (Lipinski definition) is 6. The van der Waals surface area contributed by atoms with E-state index in [0.717, 1.165) is 30.1 Å². The van der Waals surface area contributed by atoms with E-state index >= 15 is 0 Å². The monoisotopic (exact) mass is 413 g/mol. The van der Waals surface area contributed by atoms with Crippen LogP contribution in [0.15, 0.2) is 67.3 Å². The van der Waals surface area contributed by atoms with Gasteiger partial charge in [0.15, 0.2) is 5.82 Å². The lowest BCUT2D eigenvalue weighted by Crippen LogP contribution is -2.38. The summed E-state index contributed by atoms with van der Waals surface area (Å²) in [5.41, 5.74) is 2.20. The van der Waals surface area contributed by atoms with Crippen molar-refractivity contribution in [3.63, 3.8) is 0 Å². The summed E-state index contributed by atoms with van der Waals surface area (Å²) in [7, 11) is 0. The Morgan fingerprint density at radius 1 is 1.10 bits per heavy atom. The number of rotatable bonds is 7. The summed E-state index contributed by atoms with van der Waals surface area (Å²) < 4.78 is 12.9. The molecule has 1 aliphatic rings. The molecule has 0 atom stereocenters. The first-order valence-corrected chi connectivity index (χ1v) is 10.1. The minimum Gasteiger partial charge on any atom is -0.490 e. The van der Waals surface area contributed by atoms with Gasteiger partial charge in [-0.15, -0.1) is 10.2 Å². The second-order valence-corrected chi connectivity index (χ2v) is 6.93. The molecule has 7 nitrogen and oxygen atoms in total. The Labute approximate surface area is 181 Å². The third kappa shape index (κ3) is 4.65. The number of para-hydroxylation sites is 1. The molecule has 0 N–H and O–H groups in total. The van der Waals surface area contributed by atoms with Gasteiger partial charge in [0.25, 0.3) is 0 Å². The van der Waals surface area contributed by atoms with Crippen molar-refractivity contribution >= 4 is 17.6 Å². The highest BCUT2D eigenvalue weighted by Crippen LogP contribution is 2.26. The Morgan fingerprint density at radius 3 is 2.52 bits per heavy atom. The number of ether oxygens (including phenoxy) is 2. The van der Waals surface area contributed by atoms with Gasteiger partial charge >= 0.3 is 0 Å². The SMILES string of the molecule is C=CCOc1ccc(/C=C(\C#N)c2nnc(N3CCOCC3)n2-c2ccccc2)cc1. The highest BCUT2D eigenvalue weighted by atomic mass is 16.5. The number of nitriles is 1. The molecule has 2 heterocycles. The van der Waals surface area contributed by atoms with E-state index in [9.17, 15) is 5.26 Å². The van der Waals surface area contributed by atoms with Crippen LogP contribution in [0.2, 0.25) is 0 Å². The summed E-state index contributed by atoms with van der Waals surface area (Å²) in [4.78, 5) is 2.13. The first kappa shape index (κ1) is 20.4. The standard InChI is InChI=1S/C24H23N5O2/c1-2-14-31-22-10-8-19(9-11-22)17-20(18-25)23-26-27-24(28-12-15-30-16-13-28)29(23)21-6-4-3-5-7-21/h2-11,17H,1,12-16H2/b20-17+. The average Bonchev–Trinajstić information content (AvgIpc) is 3.28. The molecular formula is C24H23N5O2. The van der Waals surface area contributed by atoms with Crippen LogP contribution in [-0.4, -0.2) is 47.7 Å². The van der Waals surface area contributed by atoms with Crippen LogP contribution in [0.4, 0.5) is 5.95 Å². The molecule has 3 aromatic rings. The molecule has 2 aromatic carbocycles. The predicted molar refractivity (Wildman–Crippen MR) is 120 cm³/mol. The zero-order chi connectivity index (χ0) is 21.5. The largest absolute Gasteiger partial charge is 0.490 e. The summed E-state index contributed by atoms with van der Waals surface area (Å²) in [5, 5.41) is 18.8. The fourth-order valence-electron chi connectivity index (χ4n) is 3.36. The lowest BCUT2D eigenvalue weighted by atomic mass is 10.1. The van der Waals surface area contributed by atoms with Gasteiger partial charge in [-0.05, 0) is 35.9 Å². The number of benzene rings is 2. The maximum absolute atomic E-state index is 9.93. The highest BCUT2D eigenvalue weighted by Gasteiger charge is 2.23. The topological polar surface area (TPSA) is 76.2 Å². The average molecular weight is 413 g/mol. The van der Waals surface area contributed by atoms with Crippen LogP contribution in [0.3, 0.4) is 0 Å². The van der Waals surface area contributed by atoms with Crippen molar-refractivity contribution in [2.24, 2.45) is 0 Å². The van der Waals surface area contributed by atoms with Crippen LogP contribution in [0, 0.1) is 11.3 Å². The van der Waals surface area contributed by atoms with Gasteiger partial charge < -0.3 is 14.4 Å². The molecule has 1 saturated heterocycles. The molecule has 0 radical (unpaired) electrons. The van der Waals surface area contributed by atoms with E-state index in [2.05, 4.69) is 27.7 Å². The van der Waals surface area contributed by atoms with Crippen molar-refractivity contribution in [1.29, 1.82) is 5.26 Å². The Kier molecular flexibility index (Phi) is 6.41. The third-order valence-corrected chi connectivity index (χ3v) is 4.87. The molecule has 0 bridgehead atoms. The van der Waals surface area contributed by atoms with Crippen molar-refractivity contribution < 1.29 is 9.47 Å². The molecule has 0 aliphatic carbocycles. The summed E-state index contributed by atoms with van der Waals surface area (Å²) in [6.45, 7) is 6.82. The van der Waals surface area contributed by atoms with E-state index in [4.69, 9.17) is 9.47 Å². The Bertz CT molecular complexity index is 1090. The van der Waals surface area contributed by atoms with Crippen molar-refractivity contribution in [3.8, 4) is 17.5 Å². The minimum absolute atomic E-state index is 0.427. The predicted octanol–water partition coefficient (Wildman–Crippen LogP) is 3.73. The minimum atomic E-state index is 0.427. The molecule has 31 heavy (non-hydrogen) atoms. The zero-order valence-corrected chi connectivity index (χ0v) is 17.1. The Balaban J connectivity index is 1.73. The van der Waals surface area contributed by atoms with Gasteiger partial charge in [0.05, 0.1) is 24.5 Å². The van der Waals surface area contributed by atoms with E-state index in [1.54, 1.807) is 6.08 Å². The van der Waals surface area contributed by atoms with Crippen molar-refractivity contribution in [2.75, 3.05) is 37.8 Å². The molecule has 0 spiro atoms. The molecule has 156 valence electrons. The molecular weight excluding hydrogens is 390 g/mol. The van der Waals surface area contributed by atoms with E-state index in [1.807, 2.05) is 65.2 Å². The van der Waals surface area contributed by atoms with Crippen molar-refractivity contribution in [3.05, 3.63) is 78.6 Å². The fourth-order valence-corrected chi connectivity index (χ4v) is 3.36. The van der Waals surface area contributed by atoms with Crippen LogP contribution >= 0.6 is 0 Å². The van der Waals surface area contributed by atoms with Crippen molar-refractivity contribution in [2.45, 2.75) is 0 Å². The number of anilines is 1. The van der Waals surface area contributed by atoms with Crippen LogP contribution in [0.25, 0.3) is 17.3 Å². The van der Waals surface area contributed by atoms with Crippen LogP contribution in [0.5, 0.6) is 5.75 Å². The Hall–Kier alpha value is -3.89. The first-order valence-electron chi connectivity index (χ1n) is 10.1. The second kappa shape index (κ2) is 9.74. The van der Waals surface area contributed by atoms with Gasteiger partial charge in [-0.3, -0.25) is 4.57 Å². The van der Waals surface area contributed by atoms with E-state index in [1.165, 1.54) is 0 Å². The van der Waals surface area contributed by atoms with E-state index in [0.29, 0.717) is 37.2 Å². The molecule has 4 rings (SSSR count). The molecule has 1 aliphatic heterocycles. The van der Waals surface area contributed by atoms with Crippen molar-refractivity contribution in [1.82, 2.24) is 14.8 Å². The second-order valence-electron chi connectivity index (χ2n) is 6.93. The van der Waals surface area contributed by atoms with E-state index < -0.39 is 0 Å². The molecule has 0 amide bonds. The molecule has 0 saturated carbocycles. The van der Waals surface area contributed by atoms with Gasteiger partial charge in [-0.1, -0.05) is 43.0 Å². The van der Waals surface area contributed by atoms with Gasteiger partial charge in [0, 0.05) is 13.1 Å². The third-order valence-electron chi connectivity index (χ3n) is 4.87. The number of allylic oxidation sites excluding steroid dienone is 1. The molecule has 7 heteroatoms. The number of morpholine rings is 1. The zero-order valence-electron chi connectivity index (χ0n) is 17.1. The smallest absolute Gasteiger partial charge is 0.232 e. The highest BCUT2D eigenvalue weighted by molar-refractivity contribution is 5.88. The maximum Gasteiger partial charge on any atom is 0.232 e. The lowest BCUT2D eigenvalue weighted by Gasteiger charge is -2.28. The maximum atomic E-state index is 9.93. The number of nitrogens with zero attached hydrogens (tertiary/aromatic N) is 5. The van der Waals surface area contributed by atoms with Crippen LogP contribution in [-0.2, 0) is 4.74 Å². The first-order chi connectivity index (χ1) is 15.3. The Morgan fingerprint density at radius 2 is 1.84 bits per heavy atom. The summed E-state index contributed by atoms with van der Waals surface area (Å²) in [6, 6.07) is 19.7. The van der Waals surface area contributed by atoms with Gasteiger partial charge in [0.2, 0.25) is 5.95 Å². The summed E-state index contributed by atoms with van der Waals surface area (Å²) >= 11 is 0. The summed E-state index contributed by atoms with van der Waals surface area (Å²) in [6.07, 6.45) is 3.51. The summed E-state index contributed by atoms with van der Waals surface area (Å²) in [5.74, 6) is 1.96. The van der Waals surface area contributed by atoms with Gasteiger partial charge in [0.1, 0.15) is 18.4 Å². The van der Waals surface area contributed by atoms with Crippen LogP contribution < -0.4 is 9.64 Å². The van der Waals surface area contributed by atoms with Crippen LogP contribution in [0.1, 0.15) is 11.4 Å². The normalized spacial score (nSPS) is 14.2. The molecule has 1 aromatic heterocycles. The van der Waals surface area contributed by atoms with Gasteiger partial charge in [-0.2, -0.15) is 5.26 Å².